The van der Waals surface area contributed by atoms with Crippen molar-refractivity contribution in [1.82, 2.24) is 15.1 Å². The van der Waals surface area contributed by atoms with Crippen molar-refractivity contribution in [3.8, 4) is 0 Å². The third kappa shape index (κ3) is 3.89. The van der Waals surface area contributed by atoms with Crippen molar-refractivity contribution in [1.29, 1.82) is 0 Å². The van der Waals surface area contributed by atoms with Gasteiger partial charge in [0, 0.05) is 38.6 Å². The lowest BCUT2D eigenvalue weighted by Crippen LogP contribution is -2.54. The number of rotatable bonds is 4. The van der Waals surface area contributed by atoms with Gasteiger partial charge in [-0.3, -0.25) is 4.79 Å². The van der Waals surface area contributed by atoms with Gasteiger partial charge in [-0.25, -0.2) is 4.79 Å². The summed E-state index contributed by atoms with van der Waals surface area (Å²) in [4.78, 5) is 28.3. The molecule has 0 unspecified atom stereocenters. The van der Waals surface area contributed by atoms with Crippen LogP contribution >= 0.6 is 0 Å². The minimum Gasteiger partial charge on any atom is -0.339 e. The minimum absolute atomic E-state index is 0.0199. The third-order valence-corrected chi connectivity index (χ3v) is 5.26. The topological polar surface area (TPSA) is 52.7 Å². The Morgan fingerprint density at radius 2 is 1.71 bits per heavy atom. The molecule has 5 heteroatoms. The highest BCUT2D eigenvalue weighted by Crippen LogP contribution is 2.28. The number of carbonyl (C=O) groups excluding carboxylic acids is 2. The number of nitrogens with zero attached hydrogens (tertiary/aromatic N) is 2. The number of piperazine rings is 1. The van der Waals surface area contributed by atoms with Crippen molar-refractivity contribution in [3.05, 3.63) is 35.9 Å². The van der Waals surface area contributed by atoms with Crippen LogP contribution in [0, 0.1) is 5.92 Å². The first-order valence-corrected chi connectivity index (χ1v) is 9.01. The first kappa shape index (κ1) is 16.8. The molecule has 2 aliphatic rings. The molecule has 3 rings (SSSR count). The minimum atomic E-state index is -0.0199. The van der Waals surface area contributed by atoms with Crippen LogP contribution in [-0.2, 0) is 4.79 Å². The summed E-state index contributed by atoms with van der Waals surface area (Å²) in [7, 11) is 0. The third-order valence-electron chi connectivity index (χ3n) is 5.26. The van der Waals surface area contributed by atoms with Crippen LogP contribution in [0.5, 0.6) is 0 Å². The molecule has 24 heavy (non-hydrogen) atoms. The summed E-state index contributed by atoms with van der Waals surface area (Å²) in [5.74, 6) is 0.827. The van der Waals surface area contributed by atoms with Gasteiger partial charge in [0.15, 0.2) is 0 Å². The van der Waals surface area contributed by atoms with Crippen molar-refractivity contribution < 1.29 is 9.59 Å². The quantitative estimate of drug-likeness (QED) is 0.922. The van der Waals surface area contributed by atoms with E-state index in [1.807, 2.05) is 28.0 Å². The van der Waals surface area contributed by atoms with Gasteiger partial charge >= 0.3 is 6.03 Å². The Labute approximate surface area is 144 Å². The molecular weight excluding hydrogens is 302 g/mol. The number of carbonyl (C=O) groups is 2. The van der Waals surface area contributed by atoms with Gasteiger partial charge in [-0.15, -0.1) is 0 Å². The number of hydrogen-bond acceptors (Lipinski definition) is 2. The van der Waals surface area contributed by atoms with Crippen molar-refractivity contribution in [2.45, 2.75) is 32.1 Å². The zero-order chi connectivity index (χ0) is 16.9. The van der Waals surface area contributed by atoms with E-state index in [1.54, 1.807) is 0 Å². The molecule has 0 bridgehead atoms. The molecule has 1 aromatic rings. The van der Waals surface area contributed by atoms with Gasteiger partial charge in [-0.2, -0.15) is 0 Å². The van der Waals surface area contributed by atoms with Crippen LogP contribution in [0.2, 0.25) is 0 Å². The summed E-state index contributed by atoms with van der Waals surface area (Å²) in [5.41, 5.74) is 1.23. The Morgan fingerprint density at radius 1 is 1.08 bits per heavy atom. The lowest BCUT2D eigenvalue weighted by molar-refractivity contribution is -0.139. The Balaban J connectivity index is 1.41. The first-order chi connectivity index (χ1) is 11.6. The number of amides is 3. The molecule has 1 saturated heterocycles. The van der Waals surface area contributed by atoms with Crippen molar-refractivity contribution >= 4 is 11.9 Å². The van der Waals surface area contributed by atoms with Gasteiger partial charge in [0.25, 0.3) is 0 Å². The maximum absolute atomic E-state index is 12.3. The van der Waals surface area contributed by atoms with E-state index >= 15 is 0 Å². The lowest BCUT2D eigenvalue weighted by atomic mass is 9.84. The maximum Gasteiger partial charge on any atom is 0.317 e. The van der Waals surface area contributed by atoms with E-state index in [2.05, 4.69) is 24.4 Å². The molecular formula is C19H27N3O2. The maximum atomic E-state index is 12.3. The van der Waals surface area contributed by atoms with Gasteiger partial charge in [0.05, 0.1) is 0 Å². The molecule has 1 aromatic carbocycles. The Hall–Kier alpha value is -2.04. The van der Waals surface area contributed by atoms with Crippen LogP contribution in [0.15, 0.2) is 30.3 Å². The monoisotopic (exact) mass is 329 g/mol. The molecule has 1 atom stereocenters. The molecule has 1 N–H and O–H groups in total. The summed E-state index contributed by atoms with van der Waals surface area (Å²) in [6.07, 6.45) is 3.26. The fourth-order valence-electron chi connectivity index (χ4n) is 3.29. The molecule has 0 spiro atoms. The zero-order valence-corrected chi connectivity index (χ0v) is 14.4. The van der Waals surface area contributed by atoms with Crippen molar-refractivity contribution in [2.24, 2.45) is 5.92 Å². The Bertz CT molecular complexity index is 563. The van der Waals surface area contributed by atoms with Crippen LogP contribution in [0.3, 0.4) is 0 Å². The van der Waals surface area contributed by atoms with Crippen LogP contribution in [0.1, 0.15) is 37.7 Å². The standard InChI is InChI=1S/C19H27N3O2/c1-15(16-6-3-2-4-7-16)14-20-19(24)22-12-10-21(11-13-22)18(23)17-8-5-9-17/h2-4,6-7,15,17H,5,8-14H2,1H3,(H,20,24)/t15-/m1/s1. The van der Waals surface area contributed by atoms with Gasteiger partial charge in [-0.05, 0) is 24.3 Å². The molecule has 0 radical (unpaired) electrons. The normalized spacial score (nSPS) is 19.5. The van der Waals surface area contributed by atoms with Crippen molar-refractivity contribution in [3.63, 3.8) is 0 Å². The highest BCUT2D eigenvalue weighted by atomic mass is 16.2. The molecule has 2 fully saturated rings. The lowest BCUT2D eigenvalue weighted by Gasteiger charge is -2.38. The number of urea groups is 1. The molecule has 5 nitrogen and oxygen atoms in total. The molecule has 130 valence electrons. The molecule has 3 amide bonds. The molecule has 0 aromatic heterocycles. The predicted octanol–water partition coefficient (Wildman–Crippen LogP) is 2.44. The highest BCUT2D eigenvalue weighted by molar-refractivity contribution is 5.80. The molecule has 1 aliphatic heterocycles. The smallest absolute Gasteiger partial charge is 0.317 e. The average molecular weight is 329 g/mol. The first-order valence-electron chi connectivity index (χ1n) is 9.01. The van der Waals surface area contributed by atoms with Gasteiger partial charge < -0.3 is 15.1 Å². The van der Waals surface area contributed by atoms with Crippen LogP contribution in [0.25, 0.3) is 0 Å². The average Bonchev–Trinajstić information content (AvgIpc) is 2.58. The summed E-state index contributed by atoms with van der Waals surface area (Å²) in [6, 6.07) is 10.2. The van der Waals surface area contributed by atoms with Crippen LogP contribution in [-0.4, -0.2) is 54.5 Å². The van der Waals surface area contributed by atoms with Crippen LogP contribution < -0.4 is 5.32 Å². The van der Waals surface area contributed by atoms with E-state index in [-0.39, 0.29) is 17.9 Å². The van der Waals surface area contributed by atoms with Crippen molar-refractivity contribution in [2.75, 3.05) is 32.7 Å². The number of benzene rings is 1. The van der Waals surface area contributed by atoms with E-state index < -0.39 is 0 Å². The summed E-state index contributed by atoms with van der Waals surface area (Å²) >= 11 is 0. The summed E-state index contributed by atoms with van der Waals surface area (Å²) in [5, 5.41) is 3.02. The molecule has 1 heterocycles. The zero-order valence-electron chi connectivity index (χ0n) is 14.4. The van der Waals surface area contributed by atoms with Gasteiger partial charge in [-0.1, -0.05) is 43.7 Å². The molecule has 1 saturated carbocycles. The highest BCUT2D eigenvalue weighted by Gasteiger charge is 2.32. The summed E-state index contributed by atoms with van der Waals surface area (Å²) < 4.78 is 0. The molecule has 1 aliphatic carbocycles. The fraction of sp³-hybridized carbons (Fsp3) is 0.579. The second-order valence-electron chi connectivity index (χ2n) is 6.94. The fourth-order valence-corrected chi connectivity index (χ4v) is 3.29. The second kappa shape index (κ2) is 7.69. The van der Waals surface area contributed by atoms with Gasteiger partial charge in [0.1, 0.15) is 0 Å². The van der Waals surface area contributed by atoms with E-state index in [1.165, 1.54) is 12.0 Å². The van der Waals surface area contributed by atoms with Gasteiger partial charge in [0.2, 0.25) is 5.91 Å². The van der Waals surface area contributed by atoms with Crippen LogP contribution in [0.4, 0.5) is 4.79 Å². The summed E-state index contributed by atoms with van der Waals surface area (Å²) in [6.45, 7) is 5.33. The van der Waals surface area contributed by atoms with E-state index in [0.29, 0.717) is 38.6 Å². The van der Waals surface area contributed by atoms with E-state index in [9.17, 15) is 9.59 Å². The Kier molecular flexibility index (Phi) is 5.38. The number of nitrogens with one attached hydrogen (secondary N) is 1. The second-order valence-corrected chi connectivity index (χ2v) is 6.94. The predicted molar refractivity (Wildman–Crippen MR) is 93.7 cm³/mol. The van der Waals surface area contributed by atoms with E-state index in [0.717, 1.165) is 12.8 Å². The largest absolute Gasteiger partial charge is 0.339 e. The number of hydrogen-bond donors (Lipinski definition) is 1. The van der Waals surface area contributed by atoms with E-state index in [4.69, 9.17) is 0 Å². The SMILES string of the molecule is C[C@H](CNC(=O)N1CCN(C(=O)C2CCC2)CC1)c1ccccc1. The Morgan fingerprint density at radius 3 is 2.29 bits per heavy atom.